The van der Waals surface area contributed by atoms with Gasteiger partial charge in [-0.1, -0.05) is 41.9 Å². The molecular weight excluding hydrogens is 502 g/mol. The highest BCUT2D eigenvalue weighted by molar-refractivity contribution is 9.10. The Kier molecular flexibility index (Phi) is 6.76. The topological polar surface area (TPSA) is 76.4 Å². The molecule has 0 fully saturated rings. The summed E-state index contributed by atoms with van der Waals surface area (Å²) in [5, 5.41) is 5.86. The summed E-state index contributed by atoms with van der Waals surface area (Å²) in [5.41, 5.74) is 4.58. The van der Waals surface area contributed by atoms with Crippen molar-refractivity contribution < 1.29 is 13.9 Å². The van der Waals surface area contributed by atoms with Gasteiger partial charge in [-0.15, -0.1) is 0 Å². The molecule has 0 unspecified atom stereocenters. The lowest BCUT2D eigenvalue weighted by atomic mass is 10.0. The van der Waals surface area contributed by atoms with E-state index in [9.17, 15) is 4.79 Å². The van der Waals surface area contributed by atoms with Crippen molar-refractivity contribution in [2.45, 2.75) is 19.8 Å². The minimum absolute atomic E-state index is 0.161. The summed E-state index contributed by atoms with van der Waals surface area (Å²) in [6.07, 6.45) is 0. The molecule has 0 saturated carbocycles. The molecule has 0 bridgehead atoms. The number of ether oxygens (including phenoxy) is 1. The molecule has 0 aliphatic carbocycles. The van der Waals surface area contributed by atoms with E-state index >= 15 is 0 Å². The predicted molar refractivity (Wildman–Crippen MR) is 138 cm³/mol. The molecule has 4 rings (SSSR count). The molecular formula is C25H22BrN3O3S. The summed E-state index contributed by atoms with van der Waals surface area (Å²) < 4.78 is 11.9. The third-order valence-corrected chi connectivity index (χ3v) is 5.80. The second-order valence-electron chi connectivity index (χ2n) is 7.73. The van der Waals surface area contributed by atoms with Crippen LogP contribution in [0.3, 0.4) is 0 Å². The molecule has 6 nitrogen and oxygen atoms in total. The Hall–Kier alpha value is -3.23. The molecule has 0 atom stereocenters. The SMILES string of the molecule is COc1ccc(Br)cc1C(=O)NC(=S)Nc1ccc2oc(-c3ccc(C(C)C)cc3)nc2c1. The van der Waals surface area contributed by atoms with Gasteiger partial charge in [0, 0.05) is 15.7 Å². The number of nitrogens with zero attached hydrogens (tertiary/aromatic N) is 1. The van der Waals surface area contributed by atoms with Crippen LogP contribution in [-0.2, 0) is 0 Å². The zero-order chi connectivity index (χ0) is 23.5. The van der Waals surface area contributed by atoms with E-state index in [1.54, 1.807) is 18.2 Å². The number of benzene rings is 3. The number of fused-ring (bicyclic) bond motifs is 1. The second-order valence-corrected chi connectivity index (χ2v) is 9.06. The van der Waals surface area contributed by atoms with Gasteiger partial charge in [0.1, 0.15) is 11.3 Å². The van der Waals surface area contributed by atoms with Gasteiger partial charge in [-0.2, -0.15) is 0 Å². The van der Waals surface area contributed by atoms with Crippen LogP contribution in [-0.4, -0.2) is 23.1 Å². The maximum Gasteiger partial charge on any atom is 0.261 e. The summed E-state index contributed by atoms with van der Waals surface area (Å²) >= 11 is 8.69. The molecule has 4 aromatic rings. The standard InChI is InChI=1S/C25H22BrN3O3S/c1-14(2)15-4-6-16(7-5-15)24-28-20-13-18(9-11-22(20)32-24)27-25(33)29-23(30)19-12-17(26)8-10-21(19)31-3/h4-14H,1-3H3,(H2,27,29,30,33). The van der Waals surface area contributed by atoms with E-state index in [2.05, 4.69) is 57.5 Å². The average Bonchev–Trinajstić information content (AvgIpc) is 3.22. The van der Waals surface area contributed by atoms with Crippen molar-refractivity contribution in [3.8, 4) is 17.2 Å². The zero-order valence-electron chi connectivity index (χ0n) is 18.3. The van der Waals surface area contributed by atoms with E-state index in [0.717, 1.165) is 10.0 Å². The number of thiocarbonyl (C=S) groups is 1. The fourth-order valence-electron chi connectivity index (χ4n) is 3.33. The largest absolute Gasteiger partial charge is 0.496 e. The first-order valence-electron chi connectivity index (χ1n) is 10.3. The Morgan fingerprint density at radius 3 is 2.55 bits per heavy atom. The maximum absolute atomic E-state index is 12.6. The monoisotopic (exact) mass is 523 g/mol. The highest BCUT2D eigenvalue weighted by Crippen LogP contribution is 2.28. The Morgan fingerprint density at radius 1 is 1.09 bits per heavy atom. The van der Waals surface area contributed by atoms with Crippen molar-refractivity contribution in [1.29, 1.82) is 0 Å². The molecule has 2 N–H and O–H groups in total. The molecule has 168 valence electrons. The van der Waals surface area contributed by atoms with E-state index in [1.807, 2.05) is 30.3 Å². The number of rotatable bonds is 5. The third-order valence-electron chi connectivity index (χ3n) is 5.10. The Bertz CT molecular complexity index is 1330. The minimum atomic E-state index is -0.375. The fraction of sp³-hybridized carbons (Fsp3) is 0.160. The van der Waals surface area contributed by atoms with Crippen molar-refractivity contribution >= 4 is 56.0 Å². The number of oxazole rings is 1. The average molecular weight is 524 g/mol. The van der Waals surface area contributed by atoms with Crippen LogP contribution >= 0.6 is 28.1 Å². The Labute approximate surface area is 205 Å². The lowest BCUT2D eigenvalue weighted by molar-refractivity contribution is 0.0974. The third kappa shape index (κ3) is 5.23. The lowest BCUT2D eigenvalue weighted by Crippen LogP contribution is -2.34. The molecule has 33 heavy (non-hydrogen) atoms. The van der Waals surface area contributed by atoms with Crippen LogP contribution in [0.1, 0.15) is 35.7 Å². The van der Waals surface area contributed by atoms with Crippen LogP contribution in [0.4, 0.5) is 5.69 Å². The number of nitrogens with one attached hydrogen (secondary N) is 2. The van der Waals surface area contributed by atoms with Gasteiger partial charge >= 0.3 is 0 Å². The summed E-state index contributed by atoms with van der Waals surface area (Å²) in [4.78, 5) is 17.3. The number of anilines is 1. The highest BCUT2D eigenvalue weighted by Gasteiger charge is 2.15. The van der Waals surface area contributed by atoms with E-state index in [4.69, 9.17) is 21.4 Å². The first-order chi connectivity index (χ1) is 15.8. The van der Waals surface area contributed by atoms with Crippen molar-refractivity contribution in [3.05, 3.63) is 76.3 Å². The summed E-state index contributed by atoms with van der Waals surface area (Å²) in [5.74, 6) is 1.09. The first kappa shape index (κ1) is 22.9. The Morgan fingerprint density at radius 2 is 1.85 bits per heavy atom. The zero-order valence-corrected chi connectivity index (χ0v) is 20.7. The van der Waals surface area contributed by atoms with E-state index < -0.39 is 0 Å². The predicted octanol–water partition coefficient (Wildman–Crippen LogP) is 6.52. The van der Waals surface area contributed by atoms with E-state index in [-0.39, 0.29) is 11.0 Å². The molecule has 1 amide bonds. The van der Waals surface area contributed by atoms with Crippen molar-refractivity contribution in [2.75, 3.05) is 12.4 Å². The first-order valence-corrected chi connectivity index (χ1v) is 11.5. The number of carbonyl (C=O) groups excluding carboxylic acids is 1. The van der Waals surface area contributed by atoms with Gasteiger partial charge in [0.2, 0.25) is 5.89 Å². The number of hydrogen-bond donors (Lipinski definition) is 2. The molecule has 3 aromatic carbocycles. The van der Waals surface area contributed by atoms with Gasteiger partial charge in [0.15, 0.2) is 10.7 Å². The van der Waals surface area contributed by atoms with E-state index in [1.165, 1.54) is 12.7 Å². The number of carbonyl (C=O) groups is 1. The van der Waals surface area contributed by atoms with Crippen LogP contribution in [0, 0.1) is 0 Å². The smallest absolute Gasteiger partial charge is 0.261 e. The van der Waals surface area contributed by atoms with Gasteiger partial charge in [0.05, 0.1) is 12.7 Å². The van der Waals surface area contributed by atoms with Crippen molar-refractivity contribution in [3.63, 3.8) is 0 Å². The summed E-state index contributed by atoms with van der Waals surface area (Å²) in [7, 11) is 1.51. The number of halogens is 1. The van der Waals surface area contributed by atoms with Gasteiger partial charge in [-0.25, -0.2) is 4.98 Å². The molecule has 0 aliphatic heterocycles. The van der Waals surface area contributed by atoms with Crippen LogP contribution in [0.5, 0.6) is 5.75 Å². The summed E-state index contributed by atoms with van der Waals surface area (Å²) in [6.45, 7) is 4.32. The van der Waals surface area contributed by atoms with Gasteiger partial charge in [-0.05, 0) is 72.2 Å². The number of amides is 1. The van der Waals surface area contributed by atoms with Gasteiger partial charge < -0.3 is 14.5 Å². The van der Waals surface area contributed by atoms with E-state index in [0.29, 0.717) is 39.9 Å². The molecule has 0 spiro atoms. The summed E-state index contributed by atoms with van der Waals surface area (Å²) in [6, 6.07) is 18.8. The van der Waals surface area contributed by atoms with Crippen molar-refractivity contribution in [2.24, 2.45) is 0 Å². The van der Waals surface area contributed by atoms with Crippen LogP contribution in [0.2, 0.25) is 0 Å². The maximum atomic E-state index is 12.6. The molecule has 8 heteroatoms. The Balaban J connectivity index is 1.48. The molecule has 1 heterocycles. The normalized spacial score (nSPS) is 10.9. The number of methoxy groups -OCH3 is 1. The lowest BCUT2D eigenvalue weighted by Gasteiger charge is -2.12. The highest BCUT2D eigenvalue weighted by atomic mass is 79.9. The van der Waals surface area contributed by atoms with Crippen LogP contribution in [0.15, 0.2) is 69.6 Å². The molecule has 0 aliphatic rings. The van der Waals surface area contributed by atoms with Crippen LogP contribution < -0.4 is 15.4 Å². The number of aromatic nitrogens is 1. The molecule has 0 saturated heterocycles. The number of hydrogen-bond acceptors (Lipinski definition) is 5. The van der Waals surface area contributed by atoms with Crippen LogP contribution in [0.25, 0.3) is 22.6 Å². The fourth-order valence-corrected chi connectivity index (χ4v) is 3.90. The van der Waals surface area contributed by atoms with Gasteiger partial charge in [-0.3, -0.25) is 10.1 Å². The minimum Gasteiger partial charge on any atom is -0.496 e. The molecule has 1 aromatic heterocycles. The second kappa shape index (κ2) is 9.72. The molecule has 0 radical (unpaired) electrons. The van der Waals surface area contributed by atoms with Gasteiger partial charge in [0.25, 0.3) is 5.91 Å². The van der Waals surface area contributed by atoms with Crippen molar-refractivity contribution in [1.82, 2.24) is 10.3 Å². The quantitative estimate of drug-likeness (QED) is 0.290.